The molecular formula is C12H10BrNO2. The number of nitrogens with zero attached hydrogens (tertiary/aromatic N) is 1. The number of esters is 1. The maximum Gasteiger partial charge on any atom is 0.363 e. The summed E-state index contributed by atoms with van der Waals surface area (Å²) in [5.74, 6) is 0.100. The summed E-state index contributed by atoms with van der Waals surface area (Å²) in [5, 5.41) is 0. The maximum absolute atomic E-state index is 11.4. The maximum atomic E-state index is 11.4. The van der Waals surface area contributed by atoms with Crippen molar-refractivity contribution in [1.82, 2.24) is 0 Å². The van der Waals surface area contributed by atoms with Gasteiger partial charge in [0.05, 0.1) is 0 Å². The Morgan fingerprint density at radius 2 is 2.31 bits per heavy atom. The Hall–Kier alpha value is -1.42. The Morgan fingerprint density at radius 3 is 2.94 bits per heavy atom. The van der Waals surface area contributed by atoms with E-state index in [2.05, 4.69) is 20.9 Å². The molecule has 16 heavy (non-hydrogen) atoms. The Bertz CT molecular complexity index is 492. The van der Waals surface area contributed by atoms with Crippen LogP contribution < -0.4 is 0 Å². The molecule has 0 unspecified atom stereocenters. The molecule has 2 rings (SSSR count). The Kier molecular flexibility index (Phi) is 3.19. The number of carbonyl (C=O) groups is 1. The van der Waals surface area contributed by atoms with E-state index in [0.717, 1.165) is 10.0 Å². The first kappa shape index (κ1) is 11.1. The van der Waals surface area contributed by atoms with E-state index in [1.54, 1.807) is 6.08 Å². The van der Waals surface area contributed by atoms with Crippen LogP contribution in [0.15, 0.2) is 39.4 Å². The smallest absolute Gasteiger partial charge is 0.363 e. The first-order valence-electron chi connectivity index (χ1n) is 4.96. The van der Waals surface area contributed by atoms with Gasteiger partial charge in [-0.3, -0.25) is 0 Å². The fraction of sp³-hybridized carbons (Fsp3) is 0.167. The van der Waals surface area contributed by atoms with Crippen LogP contribution in [0, 0.1) is 0 Å². The van der Waals surface area contributed by atoms with Crippen LogP contribution in [0.3, 0.4) is 0 Å². The molecule has 0 N–H and O–H groups in total. The lowest BCUT2D eigenvalue weighted by Gasteiger charge is -1.94. The molecule has 4 heteroatoms. The van der Waals surface area contributed by atoms with Gasteiger partial charge in [-0.25, -0.2) is 9.79 Å². The van der Waals surface area contributed by atoms with Crippen molar-refractivity contribution in [3.63, 3.8) is 0 Å². The minimum Gasteiger partial charge on any atom is -0.407 e. The molecule has 0 spiro atoms. The van der Waals surface area contributed by atoms with Crippen molar-refractivity contribution in [2.75, 3.05) is 0 Å². The molecule has 0 radical (unpaired) electrons. The number of hydrogen-bond donors (Lipinski definition) is 0. The summed E-state index contributed by atoms with van der Waals surface area (Å²) >= 11 is 3.37. The van der Waals surface area contributed by atoms with E-state index in [1.165, 1.54) is 0 Å². The van der Waals surface area contributed by atoms with Gasteiger partial charge in [-0.15, -0.1) is 0 Å². The minimum absolute atomic E-state index is 0.356. The molecule has 0 fully saturated rings. The minimum atomic E-state index is -0.378. The number of ether oxygens (including phenoxy) is 1. The van der Waals surface area contributed by atoms with E-state index in [-0.39, 0.29) is 5.97 Å². The van der Waals surface area contributed by atoms with Gasteiger partial charge in [-0.05, 0) is 23.8 Å². The van der Waals surface area contributed by atoms with Crippen LogP contribution in [-0.2, 0) is 9.53 Å². The number of halogens is 1. The largest absolute Gasteiger partial charge is 0.407 e. The van der Waals surface area contributed by atoms with Crippen LogP contribution in [0.5, 0.6) is 0 Å². The topological polar surface area (TPSA) is 38.7 Å². The second kappa shape index (κ2) is 4.61. The van der Waals surface area contributed by atoms with Crippen LogP contribution >= 0.6 is 15.9 Å². The fourth-order valence-corrected chi connectivity index (χ4v) is 1.78. The van der Waals surface area contributed by atoms with Crippen LogP contribution in [0.4, 0.5) is 0 Å². The predicted molar refractivity (Wildman–Crippen MR) is 65.9 cm³/mol. The van der Waals surface area contributed by atoms with E-state index in [4.69, 9.17) is 4.74 Å². The highest BCUT2D eigenvalue weighted by Gasteiger charge is 2.21. The van der Waals surface area contributed by atoms with Gasteiger partial charge in [0.15, 0.2) is 11.6 Å². The number of aliphatic imine (C=N–C) groups is 1. The lowest BCUT2D eigenvalue weighted by Crippen LogP contribution is -2.02. The van der Waals surface area contributed by atoms with Crippen LogP contribution in [0.25, 0.3) is 6.08 Å². The van der Waals surface area contributed by atoms with Crippen LogP contribution in [0.1, 0.15) is 18.9 Å². The molecule has 0 aromatic heterocycles. The Morgan fingerprint density at radius 1 is 1.50 bits per heavy atom. The predicted octanol–water partition coefficient (Wildman–Crippen LogP) is 3.16. The van der Waals surface area contributed by atoms with Crippen molar-refractivity contribution in [3.05, 3.63) is 40.0 Å². The summed E-state index contributed by atoms with van der Waals surface area (Å²) in [6.45, 7) is 1.90. The average molecular weight is 280 g/mol. The summed E-state index contributed by atoms with van der Waals surface area (Å²) < 4.78 is 5.92. The summed E-state index contributed by atoms with van der Waals surface area (Å²) in [6, 6.07) is 7.65. The van der Waals surface area contributed by atoms with E-state index in [1.807, 2.05) is 31.2 Å². The number of carbonyl (C=O) groups excluding carboxylic acids is 1. The summed E-state index contributed by atoms with van der Waals surface area (Å²) in [7, 11) is 0. The van der Waals surface area contributed by atoms with Gasteiger partial charge in [0, 0.05) is 10.9 Å². The zero-order valence-corrected chi connectivity index (χ0v) is 10.3. The average Bonchev–Trinajstić information content (AvgIpc) is 2.60. The third-order valence-corrected chi connectivity index (χ3v) is 2.61. The molecular weight excluding hydrogens is 270 g/mol. The molecule has 1 aromatic carbocycles. The normalized spacial score (nSPS) is 17.5. The van der Waals surface area contributed by atoms with E-state index < -0.39 is 0 Å². The van der Waals surface area contributed by atoms with Gasteiger partial charge in [-0.1, -0.05) is 35.0 Å². The Labute approximate surface area is 102 Å². The molecule has 0 atom stereocenters. The molecule has 1 aliphatic heterocycles. The molecule has 1 aromatic rings. The summed E-state index contributed by atoms with van der Waals surface area (Å²) in [4.78, 5) is 15.5. The number of cyclic esters (lactones) is 1. The first-order valence-corrected chi connectivity index (χ1v) is 5.75. The van der Waals surface area contributed by atoms with Crippen molar-refractivity contribution < 1.29 is 9.53 Å². The van der Waals surface area contributed by atoms with Crippen molar-refractivity contribution in [3.8, 4) is 0 Å². The molecule has 1 aliphatic rings. The number of benzene rings is 1. The molecule has 82 valence electrons. The first-order chi connectivity index (χ1) is 7.69. The third-order valence-electron chi connectivity index (χ3n) is 2.12. The second-order valence-corrected chi connectivity index (χ2v) is 4.25. The molecule has 0 amide bonds. The molecule has 0 saturated heterocycles. The lowest BCUT2D eigenvalue weighted by molar-refractivity contribution is -0.130. The quantitative estimate of drug-likeness (QED) is 0.616. The highest BCUT2D eigenvalue weighted by molar-refractivity contribution is 9.10. The van der Waals surface area contributed by atoms with Crippen LogP contribution in [0.2, 0.25) is 0 Å². The molecule has 0 saturated carbocycles. The van der Waals surface area contributed by atoms with Gasteiger partial charge in [0.2, 0.25) is 0 Å². The highest BCUT2D eigenvalue weighted by Crippen LogP contribution is 2.18. The van der Waals surface area contributed by atoms with Gasteiger partial charge in [-0.2, -0.15) is 0 Å². The van der Waals surface area contributed by atoms with Gasteiger partial charge >= 0.3 is 5.97 Å². The van der Waals surface area contributed by atoms with Crippen molar-refractivity contribution in [1.29, 1.82) is 0 Å². The number of hydrogen-bond acceptors (Lipinski definition) is 3. The van der Waals surface area contributed by atoms with Gasteiger partial charge in [0.25, 0.3) is 0 Å². The molecule has 3 nitrogen and oxygen atoms in total. The monoisotopic (exact) mass is 279 g/mol. The SMILES string of the molecule is CCC1=N/C(=C/c2cccc(Br)c2)C(=O)O1. The zero-order chi connectivity index (χ0) is 11.5. The second-order valence-electron chi connectivity index (χ2n) is 3.33. The number of rotatable bonds is 2. The highest BCUT2D eigenvalue weighted by atomic mass is 79.9. The van der Waals surface area contributed by atoms with E-state index >= 15 is 0 Å². The molecule has 0 bridgehead atoms. The molecule has 1 heterocycles. The van der Waals surface area contributed by atoms with Crippen molar-refractivity contribution in [2.45, 2.75) is 13.3 Å². The van der Waals surface area contributed by atoms with E-state index in [0.29, 0.717) is 18.0 Å². The van der Waals surface area contributed by atoms with E-state index in [9.17, 15) is 4.79 Å². The molecule has 0 aliphatic carbocycles. The Balaban J connectivity index is 2.31. The standard InChI is InChI=1S/C12H10BrNO2/c1-2-11-14-10(12(15)16-11)7-8-4-3-5-9(13)6-8/h3-7H,2H2,1H3/b10-7+. The van der Waals surface area contributed by atoms with Crippen LogP contribution in [-0.4, -0.2) is 11.9 Å². The van der Waals surface area contributed by atoms with Crippen molar-refractivity contribution in [2.24, 2.45) is 4.99 Å². The fourth-order valence-electron chi connectivity index (χ4n) is 1.36. The van der Waals surface area contributed by atoms with Gasteiger partial charge < -0.3 is 4.74 Å². The van der Waals surface area contributed by atoms with Crippen molar-refractivity contribution >= 4 is 33.9 Å². The summed E-state index contributed by atoms with van der Waals surface area (Å²) in [5.41, 5.74) is 1.28. The zero-order valence-electron chi connectivity index (χ0n) is 8.74. The van der Waals surface area contributed by atoms with Gasteiger partial charge in [0.1, 0.15) is 0 Å². The lowest BCUT2D eigenvalue weighted by atomic mass is 10.2. The summed E-state index contributed by atoms with van der Waals surface area (Å²) in [6.07, 6.45) is 2.34. The third kappa shape index (κ3) is 2.39.